The molecule has 0 radical (unpaired) electrons. The molecule has 1 aromatic rings. The van der Waals surface area contributed by atoms with Gasteiger partial charge < -0.3 is 5.11 Å². The van der Waals surface area contributed by atoms with Crippen molar-refractivity contribution in [1.82, 2.24) is 0 Å². The molecule has 0 bridgehead atoms. The Morgan fingerprint density at radius 1 is 1.44 bits per heavy atom. The van der Waals surface area contributed by atoms with Crippen LogP contribution in [0.4, 0.5) is 0 Å². The molecule has 0 aliphatic rings. The summed E-state index contributed by atoms with van der Waals surface area (Å²) in [5, 5.41) is 8.68. The summed E-state index contributed by atoms with van der Waals surface area (Å²) in [6.45, 7) is 4.22. The van der Waals surface area contributed by atoms with Crippen molar-refractivity contribution in [2.75, 3.05) is 0 Å². The second kappa shape index (κ2) is 5.48. The number of carbonyl (C=O) groups is 1. The summed E-state index contributed by atoms with van der Waals surface area (Å²) in [6.07, 6.45) is 1.84. The number of aliphatic carboxylic acids is 1. The van der Waals surface area contributed by atoms with Crippen LogP contribution >= 0.6 is 15.9 Å². The smallest absolute Gasteiger partial charge is 0.303 e. The number of benzene rings is 1. The van der Waals surface area contributed by atoms with E-state index in [1.807, 2.05) is 12.1 Å². The van der Waals surface area contributed by atoms with Crippen molar-refractivity contribution in [3.8, 4) is 0 Å². The van der Waals surface area contributed by atoms with Gasteiger partial charge >= 0.3 is 5.97 Å². The van der Waals surface area contributed by atoms with Crippen LogP contribution in [0.15, 0.2) is 28.7 Å². The monoisotopic (exact) mass is 284 g/mol. The lowest BCUT2D eigenvalue weighted by Crippen LogP contribution is -2.16. The predicted octanol–water partition coefficient (Wildman–Crippen LogP) is 3.88. The molecule has 1 N–H and O–H groups in total. The standard InChI is InChI=1S/C13H17BrO2/c1-13(2,7-6-12(15)16)9-10-4-3-5-11(14)8-10/h3-5,8H,6-7,9H2,1-2H3,(H,15,16). The average Bonchev–Trinajstić information content (AvgIpc) is 2.14. The molecule has 1 aromatic carbocycles. The first kappa shape index (κ1) is 13.2. The molecule has 0 aliphatic heterocycles. The highest BCUT2D eigenvalue weighted by atomic mass is 79.9. The van der Waals surface area contributed by atoms with E-state index in [2.05, 4.69) is 41.9 Å². The lowest BCUT2D eigenvalue weighted by atomic mass is 9.82. The molecule has 0 saturated heterocycles. The van der Waals surface area contributed by atoms with Gasteiger partial charge in [0, 0.05) is 10.9 Å². The number of hydrogen-bond acceptors (Lipinski definition) is 1. The average molecular weight is 285 g/mol. The molecular formula is C13H17BrO2. The number of carboxylic acid groups (broad SMARTS) is 1. The van der Waals surface area contributed by atoms with Crippen molar-refractivity contribution in [3.63, 3.8) is 0 Å². The highest BCUT2D eigenvalue weighted by Gasteiger charge is 2.19. The van der Waals surface area contributed by atoms with E-state index in [0.29, 0.717) is 6.42 Å². The third-order valence-electron chi connectivity index (χ3n) is 2.59. The van der Waals surface area contributed by atoms with E-state index in [1.54, 1.807) is 0 Å². The minimum Gasteiger partial charge on any atom is -0.481 e. The zero-order valence-corrected chi connectivity index (χ0v) is 11.3. The molecule has 2 nitrogen and oxygen atoms in total. The molecule has 0 aromatic heterocycles. The molecule has 16 heavy (non-hydrogen) atoms. The number of rotatable bonds is 5. The van der Waals surface area contributed by atoms with E-state index in [0.717, 1.165) is 10.9 Å². The van der Waals surface area contributed by atoms with Gasteiger partial charge in [-0.2, -0.15) is 0 Å². The minimum absolute atomic E-state index is 0.0270. The third-order valence-corrected chi connectivity index (χ3v) is 3.08. The molecule has 0 atom stereocenters. The van der Waals surface area contributed by atoms with Crippen molar-refractivity contribution in [2.45, 2.75) is 33.1 Å². The maximum Gasteiger partial charge on any atom is 0.303 e. The van der Waals surface area contributed by atoms with Gasteiger partial charge in [-0.3, -0.25) is 4.79 Å². The van der Waals surface area contributed by atoms with Crippen LogP contribution in [0.5, 0.6) is 0 Å². The molecule has 0 spiro atoms. The van der Waals surface area contributed by atoms with Crippen LogP contribution in [0.1, 0.15) is 32.3 Å². The zero-order chi connectivity index (χ0) is 12.2. The molecule has 88 valence electrons. The van der Waals surface area contributed by atoms with E-state index in [-0.39, 0.29) is 11.8 Å². The van der Waals surface area contributed by atoms with Gasteiger partial charge in [-0.15, -0.1) is 0 Å². The molecule has 0 amide bonds. The van der Waals surface area contributed by atoms with E-state index >= 15 is 0 Å². The van der Waals surface area contributed by atoms with Crippen molar-refractivity contribution in [2.24, 2.45) is 5.41 Å². The summed E-state index contributed by atoms with van der Waals surface area (Å²) in [5.74, 6) is -0.720. The van der Waals surface area contributed by atoms with Crippen LogP contribution in [0, 0.1) is 5.41 Å². The molecule has 0 aliphatic carbocycles. The van der Waals surface area contributed by atoms with Gasteiger partial charge in [-0.25, -0.2) is 0 Å². The number of hydrogen-bond donors (Lipinski definition) is 1. The van der Waals surface area contributed by atoms with Crippen LogP contribution < -0.4 is 0 Å². The second-order valence-electron chi connectivity index (χ2n) is 4.86. The van der Waals surface area contributed by atoms with Gasteiger partial charge in [0.1, 0.15) is 0 Å². The number of halogens is 1. The van der Waals surface area contributed by atoms with E-state index in [1.165, 1.54) is 5.56 Å². The van der Waals surface area contributed by atoms with E-state index in [4.69, 9.17) is 5.11 Å². The zero-order valence-electron chi connectivity index (χ0n) is 9.66. The molecule has 0 unspecified atom stereocenters. The summed E-state index contributed by atoms with van der Waals surface area (Å²) in [7, 11) is 0. The maximum atomic E-state index is 10.5. The summed E-state index contributed by atoms with van der Waals surface area (Å²) in [5.41, 5.74) is 1.27. The third kappa shape index (κ3) is 4.79. The molecule has 1 rings (SSSR count). The van der Waals surface area contributed by atoms with Gasteiger partial charge in [0.05, 0.1) is 0 Å². The van der Waals surface area contributed by atoms with Crippen molar-refractivity contribution < 1.29 is 9.90 Å². The van der Waals surface area contributed by atoms with Gasteiger partial charge in [0.15, 0.2) is 0 Å². The topological polar surface area (TPSA) is 37.3 Å². The Morgan fingerprint density at radius 3 is 2.69 bits per heavy atom. The van der Waals surface area contributed by atoms with Crippen LogP contribution in [-0.4, -0.2) is 11.1 Å². The highest BCUT2D eigenvalue weighted by Crippen LogP contribution is 2.28. The first-order valence-corrected chi connectivity index (χ1v) is 6.15. The minimum atomic E-state index is -0.720. The normalized spacial score (nSPS) is 11.4. The van der Waals surface area contributed by atoms with E-state index in [9.17, 15) is 4.79 Å². The SMILES string of the molecule is CC(C)(CCC(=O)O)Cc1cccc(Br)c1. The molecule has 0 heterocycles. The van der Waals surface area contributed by atoms with Crippen LogP contribution in [0.3, 0.4) is 0 Å². The summed E-state index contributed by atoms with van der Waals surface area (Å²) in [6, 6.07) is 8.16. The van der Waals surface area contributed by atoms with Gasteiger partial charge in [0.2, 0.25) is 0 Å². The van der Waals surface area contributed by atoms with Crippen LogP contribution in [0.2, 0.25) is 0 Å². The van der Waals surface area contributed by atoms with Crippen molar-refractivity contribution in [3.05, 3.63) is 34.3 Å². The maximum absolute atomic E-state index is 10.5. The fourth-order valence-corrected chi connectivity index (χ4v) is 2.18. The van der Waals surface area contributed by atoms with Gasteiger partial charge in [-0.05, 0) is 36.0 Å². The quantitative estimate of drug-likeness (QED) is 0.891. The fourth-order valence-electron chi connectivity index (χ4n) is 1.73. The first-order valence-electron chi connectivity index (χ1n) is 5.35. The Morgan fingerprint density at radius 2 is 2.12 bits per heavy atom. The van der Waals surface area contributed by atoms with Crippen molar-refractivity contribution in [1.29, 1.82) is 0 Å². The van der Waals surface area contributed by atoms with Gasteiger partial charge in [0.25, 0.3) is 0 Å². The Hall–Kier alpha value is -0.830. The summed E-state index contributed by atoms with van der Waals surface area (Å²) < 4.78 is 1.07. The van der Waals surface area contributed by atoms with Crippen molar-refractivity contribution >= 4 is 21.9 Å². The number of carboxylic acids is 1. The molecule has 3 heteroatoms. The summed E-state index contributed by atoms with van der Waals surface area (Å²) in [4.78, 5) is 10.5. The molecule has 0 saturated carbocycles. The van der Waals surface area contributed by atoms with Gasteiger partial charge in [-0.1, -0.05) is 41.9 Å². The lowest BCUT2D eigenvalue weighted by Gasteiger charge is -2.24. The first-order chi connectivity index (χ1) is 7.39. The highest BCUT2D eigenvalue weighted by molar-refractivity contribution is 9.10. The second-order valence-corrected chi connectivity index (χ2v) is 5.78. The Bertz CT molecular complexity index is 372. The van der Waals surface area contributed by atoms with Crippen LogP contribution in [0.25, 0.3) is 0 Å². The predicted molar refractivity (Wildman–Crippen MR) is 68.5 cm³/mol. The fraction of sp³-hybridized carbons (Fsp3) is 0.462. The van der Waals surface area contributed by atoms with E-state index < -0.39 is 5.97 Å². The van der Waals surface area contributed by atoms with Crippen LogP contribution in [-0.2, 0) is 11.2 Å². The lowest BCUT2D eigenvalue weighted by molar-refractivity contribution is -0.137. The summed E-state index contributed by atoms with van der Waals surface area (Å²) >= 11 is 3.44. The largest absolute Gasteiger partial charge is 0.481 e. The Kier molecular flexibility index (Phi) is 4.54. The Labute approximate surface area is 105 Å². The molecular weight excluding hydrogens is 268 g/mol. The Balaban J connectivity index is 2.61. The molecule has 0 fully saturated rings.